The minimum atomic E-state index is -0.0634. The Morgan fingerprint density at radius 1 is 1.06 bits per heavy atom. The van der Waals surface area contributed by atoms with E-state index in [1.54, 1.807) is 19.2 Å². The van der Waals surface area contributed by atoms with E-state index < -0.39 is 0 Å². The maximum absolute atomic E-state index is 13.2. The number of fused-ring (bicyclic) bond motifs is 1. The summed E-state index contributed by atoms with van der Waals surface area (Å²) in [6.45, 7) is 3.92. The Hall–Kier alpha value is -3.16. The molecule has 0 aliphatic carbocycles. The van der Waals surface area contributed by atoms with Crippen molar-refractivity contribution in [3.8, 4) is 5.75 Å². The predicted molar refractivity (Wildman–Crippen MR) is 131 cm³/mol. The summed E-state index contributed by atoms with van der Waals surface area (Å²) in [6.07, 6.45) is 1.32. The van der Waals surface area contributed by atoms with Gasteiger partial charge in [0, 0.05) is 38.0 Å². The van der Waals surface area contributed by atoms with Gasteiger partial charge in [-0.3, -0.25) is 4.79 Å². The molecular weight excluding hydrogens is 452 g/mol. The van der Waals surface area contributed by atoms with Crippen LogP contribution in [0.2, 0.25) is 5.02 Å². The molecule has 1 saturated heterocycles. The van der Waals surface area contributed by atoms with Gasteiger partial charge in [0.15, 0.2) is 0 Å². The second kappa shape index (κ2) is 9.99. The van der Waals surface area contributed by atoms with Gasteiger partial charge in [0.05, 0.1) is 43.1 Å². The number of amides is 1. The first-order valence-electron chi connectivity index (χ1n) is 11.5. The Labute approximate surface area is 204 Å². The first kappa shape index (κ1) is 22.6. The monoisotopic (exact) mass is 478 g/mol. The Morgan fingerprint density at radius 3 is 2.56 bits per heavy atom. The van der Waals surface area contributed by atoms with Crippen LogP contribution >= 0.6 is 11.6 Å². The van der Waals surface area contributed by atoms with Gasteiger partial charge in [-0.25, -0.2) is 9.97 Å². The number of carbonyl (C=O) groups is 1. The normalized spacial score (nSPS) is 15.7. The Bertz CT molecular complexity index is 1180. The van der Waals surface area contributed by atoms with Crippen molar-refractivity contribution in [2.24, 2.45) is 0 Å². The lowest BCUT2D eigenvalue weighted by molar-refractivity contribution is 0.0733. The number of ether oxygens (including phenoxy) is 2. The molecule has 0 bridgehead atoms. The highest BCUT2D eigenvalue weighted by atomic mass is 35.5. The zero-order valence-corrected chi connectivity index (χ0v) is 19.9. The molecule has 2 aromatic carbocycles. The minimum absolute atomic E-state index is 0.0634. The van der Waals surface area contributed by atoms with Crippen molar-refractivity contribution in [2.45, 2.75) is 19.4 Å². The van der Waals surface area contributed by atoms with Crippen LogP contribution in [0.1, 0.15) is 33.0 Å². The van der Waals surface area contributed by atoms with Gasteiger partial charge >= 0.3 is 0 Å². The standard InChI is InChI=1S/C26H27ClN4O3/c1-33-19-8-6-18(7-9-19)16-24-28-23-10-11-31(26(32)20-4-2-3-5-22(20)27)17-21(23)25(29-24)30-12-14-34-15-13-30/h2-9H,10-17H2,1H3. The van der Waals surface area contributed by atoms with E-state index in [0.29, 0.717) is 49.7 Å². The lowest BCUT2D eigenvalue weighted by Crippen LogP contribution is -2.41. The van der Waals surface area contributed by atoms with Gasteiger partial charge in [-0.15, -0.1) is 0 Å². The van der Waals surface area contributed by atoms with Crippen molar-refractivity contribution < 1.29 is 14.3 Å². The molecule has 3 heterocycles. The molecule has 3 aromatic rings. The van der Waals surface area contributed by atoms with Crippen molar-refractivity contribution >= 4 is 23.3 Å². The van der Waals surface area contributed by atoms with E-state index in [2.05, 4.69) is 4.90 Å². The quantitative estimate of drug-likeness (QED) is 0.556. The molecule has 1 fully saturated rings. The molecule has 0 saturated carbocycles. The van der Waals surface area contributed by atoms with Crippen LogP contribution in [-0.2, 0) is 24.1 Å². The molecule has 0 radical (unpaired) electrons. The summed E-state index contributed by atoms with van der Waals surface area (Å²) < 4.78 is 10.8. The molecule has 0 spiro atoms. The fraction of sp³-hybridized carbons (Fsp3) is 0.346. The summed E-state index contributed by atoms with van der Waals surface area (Å²) >= 11 is 6.31. The third kappa shape index (κ3) is 4.72. The third-order valence-corrected chi connectivity index (χ3v) is 6.64. The Kier molecular flexibility index (Phi) is 6.65. The number of halogens is 1. The summed E-state index contributed by atoms with van der Waals surface area (Å²) in [6, 6.07) is 15.2. The first-order valence-corrected chi connectivity index (χ1v) is 11.9. The zero-order chi connectivity index (χ0) is 23.5. The number of methoxy groups -OCH3 is 1. The van der Waals surface area contributed by atoms with Crippen LogP contribution in [-0.4, -0.2) is 60.7 Å². The highest BCUT2D eigenvalue weighted by Gasteiger charge is 2.29. The molecule has 0 unspecified atom stereocenters. The van der Waals surface area contributed by atoms with E-state index in [1.807, 2.05) is 41.3 Å². The molecule has 8 heteroatoms. The number of benzene rings is 2. The SMILES string of the molecule is COc1ccc(Cc2nc3c(c(N4CCOCC4)n2)CN(C(=O)c2ccccc2Cl)CC3)cc1. The first-order chi connectivity index (χ1) is 16.6. The summed E-state index contributed by atoms with van der Waals surface area (Å²) in [5.74, 6) is 2.46. The molecule has 2 aliphatic rings. The van der Waals surface area contributed by atoms with Gasteiger partial charge < -0.3 is 19.3 Å². The smallest absolute Gasteiger partial charge is 0.255 e. The van der Waals surface area contributed by atoms with Gasteiger partial charge in [-0.1, -0.05) is 35.9 Å². The van der Waals surface area contributed by atoms with Crippen LogP contribution in [0.5, 0.6) is 5.75 Å². The Morgan fingerprint density at radius 2 is 1.82 bits per heavy atom. The van der Waals surface area contributed by atoms with Crippen LogP contribution in [0.3, 0.4) is 0 Å². The van der Waals surface area contributed by atoms with Crippen molar-refractivity contribution in [1.29, 1.82) is 0 Å². The van der Waals surface area contributed by atoms with E-state index in [0.717, 1.165) is 47.3 Å². The van der Waals surface area contributed by atoms with Crippen LogP contribution in [0.25, 0.3) is 0 Å². The van der Waals surface area contributed by atoms with Crippen molar-refractivity contribution in [3.63, 3.8) is 0 Å². The maximum atomic E-state index is 13.2. The fourth-order valence-corrected chi connectivity index (χ4v) is 4.68. The molecule has 176 valence electrons. The van der Waals surface area contributed by atoms with Crippen molar-refractivity contribution in [3.05, 3.63) is 81.8 Å². The van der Waals surface area contributed by atoms with E-state index in [9.17, 15) is 4.79 Å². The van der Waals surface area contributed by atoms with Gasteiger partial charge in [0.25, 0.3) is 5.91 Å². The van der Waals surface area contributed by atoms with Crippen molar-refractivity contribution in [2.75, 3.05) is 44.9 Å². The zero-order valence-electron chi connectivity index (χ0n) is 19.2. The van der Waals surface area contributed by atoms with Gasteiger partial charge in [0.1, 0.15) is 17.4 Å². The van der Waals surface area contributed by atoms with Gasteiger partial charge in [-0.2, -0.15) is 0 Å². The highest BCUT2D eigenvalue weighted by Crippen LogP contribution is 2.30. The second-order valence-electron chi connectivity index (χ2n) is 8.47. The third-order valence-electron chi connectivity index (χ3n) is 6.31. The number of hydrogen-bond acceptors (Lipinski definition) is 6. The van der Waals surface area contributed by atoms with Crippen LogP contribution in [0, 0.1) is 0 Å². The molecular formula is C26H27ClN4O3. The predicted octanol–water partition coefficient (Wildman–Crippen LogP) is 3.76. The lowest BCUT2D eigenvalue weighted by atomic mass is 10.0. The fourth-order valence-electron chi connectivity index (χ4n) is 4.47. The minimum Gasteiger partial charge on any atom is -0.497 e. The van der Waals surface area contributed by atoms with E-state index >= 15 is 0 Å². The number of carbonyl (C=O) groups excluding carboxylic acids is 1. The molecule has 2 aliphatic heterocycles. The maximum Gasteiger partial charge on any atom is 0.255 e. The largest absolute Gasteiger partial charge is 0.497 e. The number of rotatable bonds is 5. The average molecular weight is 479 g/mol. The molecule has 0 N–H and O–H groups in total. The summed E-state index contributed by atoms with van der Waals surface area (Å²) in [4.78, 5) is 27.3. The van der Waals surface area contributed by atoms with E-state index in [-0.39, 0.29) is 5.91 Å². The van der Waals surface area contributed by atoms with E-state index in [1.165, 1.54) is 0 Å². The topological polar surface area (TPSA) is 67.8 Å². The molecule has 5 rings (SSSR count). The lowest BCUT2D eigenvalue weighted by Gasteiger charge is -2.34. The van der Waals surface area contributed by atoms with Gasteiger partial charge in [0.2, 0.25) is 0 Å². The van der Waals surface area contributed by atoms with Gasteiger partial charge in [-0.05, 0) is 29.8 Å². The number of hydrogen-bond donors (Lipinski definition) is 0. The molecule has 0 atom stereocenters. The summed E-state index contributed by atoms with van der Waals surface area (Å²) in [5.41, 5.74) is 3.69. The second-order valence-corrected chi connectivity index (χ2v) is 8.88. The Balaban J connectivity index is 1.46. The van der Waals surface area contributed by atoms with E-state index in [4.69, 9.17) is 31.0 Å². The number of anilines is 1. The average Bonchev–Trinajstić information content (AvgIpc) is 2.89. The van der Waals surface area contributed by atoms with Crippen molar-refractivity contribution in [1.82, 2.24) is 14.9 Å². The highest BCUT2D eigenvalue weighted by molar-refractivity contribution is 6.33. The molecule has 1 amide bonds. The molecule has 34 heavy (non-hydrogen) atoms. The van der Waals surface area contributed by atoms with Crippen LogP contribution < -0.4 is 9.64 Å². The number of nitrogens with zero attached hydrogens (tertiary/aromatic N) is 4. The number of morpholine rings is 1. The molecule has 1 aromatic heterocycles. The summed E-state index contributed by atoms with van der Waals surface area (Å²) in [5, 5.41) is 0.470. The van der Waals surface area contributed by atoms with Crippen LogP contribution in [0.15, 0.2) is 48.5 Å². The van der Waals surface area contributed by atoms with Crippen LogP contribution in [0.4, 0.5) is 5.82 Å². The molecule has 7 nitrogen and oxygen atoms in total. The summed E-state index contributed by atoms with van der Waals surface area (Å²) in [7, 11) is 1.66. The number of aromatic nitrogens is 2.